The summed E-state index contributed by atoms with van der Waals surface area (Å²) < 4.78 is 0. The van der Waals surface area contributed by atoms with Crippen molar-refractivity contribution in [3.63, 3.8) is 0 Å². The van der Waals surface area contributed by atoms with Gasteiger partial charge in [0.2, 0.25) is 5.91 Å². The van der Waals surface area contributed by atoms with E-state index in [1.807, 2.05) is 12.1 Å². The molecule has 1 atom stereocenters. The number of pyridine rings is 1. The summed E-state index contributed by atoms with van der Waals surface area (Å²) in [6.45, 7) is 0.871. The average Bonchev–Trinajstić information content (AvgIpc) is 3.11. The summed E-state index contributed by atoms with van der Waals surface area (Å²) in [5.74, 6) is 0.129. The Morgan fingerprint density at radius 3 is 2.89 bits per heavy atom. The molecular formula is C14H16N4O. The summed E-state index contributed by atoms with van der Waals surface area (Å²) in [7, 11) is 0. The molecule has 0 unspecified atom stereocenters. The van der Waals surface area contributed by atoms with Crippen LogP contribution in [0, 0.1) is 11.3 Å². The standard InChI is InChI=1S/C14H16N4O/c15-8-11-5-6-12(9-16-11)18-7-1-2-13(18)14(19)17-10-3-4-10/h5-6,9-10,13H,1-4,7H2,(H,17,19)/t13-/m0/s1. The molecule has 5 heteroatoms. The van der Waals surface area contributed by atoms with E-state index in [0.717, 1.165) is 37.9 Å². The van der Waals surface area contributed by atoms with Crippen molar-refractivity contribution in [2.45, 2.75) is 37.8 Å². The predicted molar refractivity (Wildman–Crippen MR) is 70.5 cm³/mol. The van der Waals surface area contributed by atoms with Crippen molar-refractivity contribution in [2.24, 2.45) is 0 Å². The molecule has 2 aliphatic rings. The number of hydrogen-bond donors (Lipinski definition) is 1. The van der Waals surface area contributed by atoms with Gasteiger partial charge in [0.15, 0.2) is 0 Å². The number of amides is 1. The molecule has 19 heavy (non-hydrogen) atoms. The monoisotopic (exact) mass is 256 g/mol. The van der Waals surface area contributed by atoms with Crippen molar-refractivity contribution in [3.05, 3.63) is 24.0 Å². The van der Waals surface area contributed by atoms with Crippen LogP contribution in [0.5, 0.6) is 0 Å². The molecule has 0 aromatic carbocycles. The van der Waals surface area contributed by atoms with E-state index in [2.05, 4.69) is 15.2 Å². The third-order valence-electron chi connectivity index (χ3n) is 3.67. The van der Waals surface area contributed by atoms with Crippen LogP contribution in [-0.2, 0) is 4.79 Å². The van der Waals surface area contributed by atoms with Crippen molar-refractivity contribution in [3.8, 4) is 6.07 Å². The lowest BCUT2D eigenvalue weighted by atomic mass is 10.2. The number of aromatic nitrogens is 1. The first-order valence-electron chi connectivity index (χ1n) is 6.71. The van der Waals surface area contributed by atoms with Gasteiger partial charge in [-0.05, 0) is 37.8 Å². The molecule has 3 rings (SSSR count). The maximum absolute atomic E-state index is 12.2. The Balaban J connectivity index is 1.74. The lowest BCUT2D eigenvalue weighted by molar-refractivity contribution is -0.122. The van der Waals surface area contributed by atoms with Crippen LogP contribution in [0.2, 0.25) is 0 Å². The molecular weight excluding hydrogens is 240 g/mol. The number of rotatable bonds is 3. The van der Waals surface area contributed by atoms with Crippen LogP contribution in [0.25, 0.3) is 0 Å². The number of carbonyl (C=O) groups excluding carboxylic acids is 1. The predicted octanol–water partition coefficient (Wildman–Crippen LogP) is 1.20. The minimum Gasteiger partial charge on any atom is -0.358 e. The van der Waals surface area contributed by atoms with Gasteiger partial charge in [-0.1, -0.05) is 0 Å². The fraction of sp³-hybridized carbons (Fsp3) is 0.500. The van der Waals surface area contributed by atoms with Crippen LogP contribution in [0.4, 0.5) is 5.69 Å². The summed E-state index contributed by atoms with van der Waals surface area (Å²) >= 11 is 0. The molecule has 5 nitrogen and oxygen atoms in total. The quantitative estimate of drug-likeness (QED) is 0.882. The lowest BCUT2D eigenvalue weighted by Crippen LogP contribution is -2.44. The molecule has 1 saturated heterocycles. The molecule has 0 spiro atoms. The van der Waals surface area contributed by atoms with E-state index in [4.69, 9.17) is 5.26 Å². The van der Waals surface area contributed by atoms with Gasteiger partial charge in [0, 0.05) is 12.6 Å². The molecule has 1 amide bonds. The van der Waals surface area contributed by atoms with Gasteiger partial charge in [0.1, 0.15) is 17.8 Å². The molecule has 1 aliphatic carbocycles. The summed E-state index contributed by atoms with van der Waals surface area (Å²) in [5.41, 5.74) is 1.33. The van der Waals surface area contributed by atoms with E-state index < -0.39 is 0 Å². The van der Waals surface area contributed by atoms with Gasteiger partial charge in [-0.3, -0.25) is 4.79 Å². The van der Waals surface area contributed by atoms with Crippen LogP contribution in [0.3, 0.4) is 0 Å². The lowest BCUT2D eigenvalue weighted by Gasteiger charge is -2.25. The molecule has 1 aliphatic heterocycles. The maximum Gasteiger partial charge on any atom is 0.242 e. The molecule has 0 bridgehead atoms. The van der Waals surface area contributed by atoms with E-state index in [1.165, 1.54) is 0 Å². The Kier molecular flexibility index (Phi) is 3.08. The second-order valence-electron chi connectivity index (χ2n) is 5.15. The van der Waals surface area contributed by atoms with Crippen molar-refractivity contribution in [1.29, 1.82) is 5.26 Å². The van der Waals surface area contributed by atoms with Crippen LogP contribution in [-0.4, -0.2) is 29.5 Å². The first-order valence-corrected chi connectivity index (χ1v) is 6.71. The highest BCUT2D eigenvalue weighted by Gasteiger charge is 2.34. The SMILES string of the molecule is N#Cc1ccc(N2CCC[C@H]2C(=O)NC2CC2)cn1. The van der Waals surface area contributed by atoms with E-state index >= 15 is 0 Å². The second kappa shape index (κ2) is 4.88. The Hall–Kier alpha value is -2.09. The van der Waals surface area contributed by atoms with Gasteiger partial charge in [0.05, 0.1) is 11.9 Å². The minimum atomic E-state index is -0.0877. The van der Waals surface area contributed by atoms with Gasteiger partial charge in [0.25, 0.3) is 0 Å². The van der Waals surface area contributed by atoms with E-state index in [0.29, 0.717) is 11.7 Å². The van der Waals surface area contributed by atoms with Crippen LogP contribution in [0.1, 0.15) is 31.4 Å². The van der Waals surface area contributed by atoms with E-state index in [1.54, 1.807) is 12.3 Å². The Bertz CT molecular complexity index is 515. The normalized spacial score (nSPS) is 22.1. The third-order valence-corrected chi connectivity index (χ3v) is 3.67. The van der Waals surface area contributed by atoms with Gasteiger partial charge >= 0.3 is 0 Å². The van der Waals surface area contributed by atoms with E-state index in [-0.39, 0.29) is 11.9 Å². The number of hydrogen-bond acceptors (Lipinski definition) is 4. The van der Waals surface area contributed by atoms with Crippen molar-refractivity contribution < 1.29 is 4.79 Å². The largest absolute Gasteiger partial charge is 0.358 e. The molecule has 1 N–H and O–H groups in total. The number of anilines is 1. The molecule has 2 fully saturated rings. The number of nitrogens with one attached hydrogen (secondary N) is 1. The van der Waals surface area contributed by atoms with Crippen molar-refractivity contribution in [2.75, 3.05) is 11.4 Å². The Morgan fingerprint density at radius 2 is 2.26 bits per heavy atom. The molecule has 98 valence electrons. The van der Waals surface area contributed by atoms with Gasteiger partial charge in [-0.25, -0.2) is 4.98 Å². The zero-order valence-corrected chi connectivity index (χ0v) is 10.7. The topological polar surface area (TPSA) is 69.0 Å². The van der Waals surface area contributed by atoms with Crippen LogP contribution in [0.15, 0.2) is 18.3 Å². The maximum atomic E-state index is 12.2. The number of nitriles is 1. The van der Waals surface area contributed by atoms with Gasteiger partial charge in [-0.2, -0.15) is 5.26 Å². The third kappa shape index (κ3) is 2.53. The molecule has 0 radical (unpaired) electrons. The Morgan fingerprint density at radius 1 is 1.42 bits per heavy atom. The minimum absolute atomic E-state index is 0.0877. The van der Waals surface area contributed by atoms with Gasteiger partial charge in [-0.15, -0.1) is 0 Å². The zero-order valence-electron chi connectivity index (χ0n) is 10.7. The summed E-state index contributed by atoms with van der Waals surface area (Å²) in [4.78, 5) is 18.3. The smallest absolute Gasteiger partial charge is 0.242 e. The second-order valence-corrected chi connectivity index (χ2v) is 5.15. The summed E-state index contributed by atoms with van der Waals surface area (Å²) in [5, 5.41) is 11.8. The summed E-state index contributed by atoms with van der Waals surface area (Å²) in [6.07, 6.45) is 5.80. The highest BCUT2D eigenvalue weighted by molar-refractivity contribution is 5.86. The molecule has 1 aromatic rings. The van der Waals surface area contributed by atoms with Gasteiger partial charge < -0.3 is 10.2 Å². The average molecular weight is 256 g/mol. The van der Waals surface area contributed by atoms with Crippen molar-refractivity contribution in [1.82, 2.24) is 10.3 Å². The Labute approximate surface area is 112 Å². The van der Waals surface area contributed by atoms with Crippen LogP contribution >= 0.6 is 0 Å². The van der Waals surface area contributed by atoms with Crippen LogP contribution < -0.4 is 10.2 Å². The molecule has 1 aromatic heterocycles. The van der Waals surface area contributed by atoms with E-state index in [9.17, 15) is 4.79 Å². The first-order chi connectivity index (χ1) is 9.28. The fourth-order valence-corrected chi connectivity index (χ4v) is 2.50. The highest BCUT2D eigenvalue weighted by Crippen LogP contribution is 2.26. The fourth-order valence-electron chi connectivity index (χ4n) is 2.50. The number of carbonyl (C=O) groups is 1. The van der Waals surface area contributed by atoms with Crippen molar-refractivity contribution >= 4 is 11.6 Å². The first kappa shape index (κ1) is 12.0. The molecule has 2 heterocycles. The molecule has 1 saturated carbocycles. The summed E-state index contributed by atoms with van der Waals surface area (Å²) in [6, 6.07) is 5.88. The zero-order chi connectivity index (χ0) is 13.2. The number of nitrogens with zero attached hydrogens (tertiary/aromatic N) is 3. The highest BCUT2D eigenvalue weighted by atomic mass is 16.2.